The van der Waals surface area contributed by atoms with Gasteiger partial charge in [0.15, 0.2) is 6.10 Å². The van der Waals surface area contributed by atoms with Crippen molar-refractivity contribution in [1.29, 1.82) is 0 Å². The van der Waals surface area contributed by atoms with Gasteiger partial charge in [-0.15, -0.1) is 0 Å². The minimum atomic E-state index is -1.11. The molecule has 22 heavy (non-hydrogen) atoms. The summed E-state index contributed by atoms with van der Waals surface area (Å²) in [5, 5.41) is 0. The van der Waals surface area contributed by atoms with E-state index in [0.29, 0.717) is 33.0 Å². The Bertz CT molecular complexity index is 274. The highest BCUT2D eigenvalue weighted by atomic mass is 16.9. The molecule has 1 aliphatic rings. The molecule has 1 heterocycles. The topological polar surface area (TPSA) is 46.2 Å². The van der Waals surface area contributed by atoms with Crippen LogP contribution in [0.2, 0.25) is 0 Å². The number of rotatable bonds is 13. The Hall–Kier alpha value is -0.200. The van der Waals surface area contributed by atoms with E-state index in [1.54, 1.807) is 0 Å². The van der Waals surface area contributed by atoms with E-state index < -0.39 is 5.97 Å². The van der Waals surface area contributed by atoms with Crippen molar-refractivity contribution < 1.29 is 23.7 Å². The predicted molar refractivity (Wildman–Crippen MR) is 85.8 cm³/mol. The number of unbranched alkanes of at least 4 members (excludes halogenated alkanes) is 1. The maximum Gasteiger partial charge on any atom is 0.313 e. The molecule has 0 radical (unpaired) electrons. The van der Waals surface area contributed by atoms with Crippen LogP contribution in [0.25, 0.3) is 0 Å². The molecule has 0 aromatic rings. The Kier molecular flexibility index (Phi) is 10.2. The summed E-state index contributed by atoms with van der Waals surface area (Å²) in [5.74, 6) is -1.11. The highest BCUT2D eigenvalue weighted by Gasteiger charge is 2.54. The van der Waals surface area contributed by atoms with E-state index in [-0.39, 0.29) is 12.2 Å². The summed E-state index contributed by atoms with van der Waals surface area (Å²) in [6, 6.07) is 0. The summed E-state index contributed by atoms with van der Waals surface area (Å²) in [6.07, 6.45) is 4.39. The zero-order chi connectivity index (χ0) is 16.3. The fraction of sp³-hybridized carbons (Fsp3) is 1.00. The van der Waals surface area contributed by atoms with Gasteiger partial charge in [0.05, 0.1) is 19.8 Å². The average Bonchev–Trinajstić information content (AvgIpc) is 2.87. The summed E-state index contributed by atoms with van der Waals surface area (Å²) in [4.78, 5) is 0. The number of hydrogen-bond donors (Lipinski definition) is 0. The van der Waals surface area contributed by atoms with Crippen LogP contribution in [0.5, 0.6) is 0 Å². The van der Waals surface area contributed by atoms with Gasteiger partial charge in [-0.3, -0.25) is 0 Å². The van der Waals surface area contributed by atoms with Crippen LogP contribution >= 0.6 is 0 Å². The van der Waals surface area contributed by atoms with Crippen LogP contribution in [-0.2, 0) is 23.7 Å². The van der Waals surface area contributed by atoms with Crippen molar-refractivity contribution in [2.75, 3.05) is 33.0 Å². The van der Waals surface area contributed by atoms with Gasteiger partial charge >= 0.3 is 5.97 Å². The van der Waals surface area contributed by atoms with Crippen molar-refractivity contribution in [2.24, 2.45) is 0 Å². The Morgan fingerprint density at radius 1 is 0.818 bits per heavy atom. The van der Waals surface area contributed by atoms with Crippen molar-refractivity contribution in [3.05, 3.63) is 0 Å². The third-order valence-corrected chi connectivity index (χ3v) is 3.48. The molecule has 1 rings (SSSR count). The fourth-order valence-corrected chi connectivity index (χ4v) is 2.35. The lowest BCUT2D eigenvalue weighted by Crippen LogP contribution is -2.50. The molecule has 0 N–H and O–H groups in total. The fourth-order valence-electron chi connectivity index (χ4n) is 2.35. The summed E-state index contributed by atoms with van der Waals surface area (Å²) in [7, 11) is 0. The smallest absolute Gasteiger partial charge is 0.313 e. The van der Waals surface area contributed by atoms with E-state index >= 15 is 0 Å². The molecular formula is C17H34O5. The molecule has 0 spiro atoms. The molecule has 1 fully saturated rings. The Morgan fingerprint density at radius 3 is 2.09 bits per heavy atom. The molecule has 0 aliphatic carbocycles. The third kappa shape index (κ3) is 5.78. The summed E-state index contributed by atoms with van der Waals surface area (Å²) in [6.45, 7) is 11.4. The molecule has 1 aliphatic heterocycles. The van der Waals surface area contributed by atoms with Gasteiger partial charge in [0, 0.05) is 13.2 Å². The lowest BCUT2D eigenvalue weighted by atomic mass is 10.2. The number of ether oxygens (including phenoxy) is 5. The highest BCUT2D eigenvalue weighted by molar-refractivity contribution is 4.88. The van der Waals surface area contributed by atoms with Gasteiger partial charge < -0.3 is 23.7 Å². The van der Waals surface area contributed by atoms with Gasteiger partial charge in [-0.2, -0.15) is 0 Å². The van der Waals surface area contributed by atoms with Crippen LogP contribution in [0.3, 0.4) is 0 Å². The summed E-state index contributed by atoms with van der Waals surface area (Å²) in [5.41, 5.74) is 0. The van der Waals surface area contributed by atoms with Crippen LogP contribution in [0.1, 0.15) is 59.8 Å². The summed E-state index contributed by atoms with van der Waals surface area (Å²) >= 11 is 0. The SMILES string of the molecule is CCCCOC1(OCCC)OC[C@@H](OCCC)[C@H]1OCCC. The maximum absolute atomic E-state index is 6.01. The lowest BCUT2D eigenvalue weighted by Gasteiger charge is -2.34. The second-order valence-corrected chi connectivity index (χ2v) is 5.67. The van der Waals surface area contributed by atoms with Gasteiger partial charge in [-0.25, -0.2) is 0 Å². The zero-order valence-electron chi connectivity index (χ0n) is 14.8. The van der Waals surface area contributed by atoms with Gasteiger partial charge in [0.1, 0.15) is 6.10 Å². The van der Waals surface area contributed by atoms with E-state index in [1.807, 2.05) is 0 Å². The predicted octanol–water partition coefficient (Wildman–Crippen LogP) is 3.50. The normalized spacial score (nSPS) is 28.4. The molecule has 5 heteroatoms. The molecule has 0 aromatic carbocycles. The van der Waals surface area contributed by atoms with Crippen LogP contribution in [0.4, 0.5) is 0 Å². The molecule has 5 nitrogen and oxygen atoms in total. The van der Waals surface area contributed by atoms with E-state index in [1.165, 1.54) is 0 Å². The van der Waals surface area contributed by atoms with Crippen LogP contribution in [-0.4, -0.2) is 51.2 Å². The first-order valence-electron chi connectivity index (χ1n) is 8.89. The average molecular weight is 318 g/mol. The standard InChI is InChI=1S/C17H34O5/c1-5-9-13-21-17(20-12-8-4)16(19-11-7-3)15(14-22-17)18-10-6-2/h15-16H,5-14H2,1-4H3/t15-,16-,17?/m1/s1. The lowest BCUT2D eigenvalue weighted by molar-refractivity contribution is -0.393. The van der Waals surface area contributed by atoms with E-state index in [4.69, 9.17) is 23.7 Å². The quantitative estimate of drug-likeness (QED) is 0.384. The Balaban J connectivity index is 2.77. The Morgan fingerprint density at radius 2 is 1.45 bits per heavy atom. The monoisotopic (exact) mass is 318 g/mol. The first-order chi connectivity index (χ1) is 10.7. The van der Waals surface area contributed by atoms with Gasteiger partial charge in [0.2, 0.25) is 0 Å². The molecule has 1 saturated heterocycles. The van der Waals surface area contributed by atoms with E-state index in [0.717, 1.165) is 32.1 Å². The van der Waals surface area contributed by atoms with E-state index in [2.05, 4.69) is 27.7 Å². The minimum absolute atomic E-state index is 0.134. The van der Waals surface area contributed by atoms with E-state index in [9.17, 15) is 0 Å². The highest BCUT2D eigenvalue weighted by Crippen LogP contribution is 2.34. The zero-order valence-corrected chi connectivity index (χ0v) is 14.8. The second kappa shape index (κ2) is 11.4. The van der Waals surface area contributed by atoms with Crippen LogP contribution < -0.4 is 0 Å². The van der Waals surface area contributed by atoms with Crippen molar-refractivity contribution in [1.82, 2.24) is 0 Å². The third-order valence-electron chi connectivity index (χ3n) is 3.48. The van der Waals surface area contributed by atoms with Crippen molar-refractivity contribution >= 4 is 0 Å². The van der Waals surface area contributed by atoms with Crippen molar-refractivity contribution in [3.63, 3.8) is 0 Å². The molecular weight excluding hydrogens is 284 g/mol. The molecule has 1 unspecified atom stereocenters. The molecule has 3 atom stereocenters. The van der Waals surface area contributed by atoms with Gasteiger partial charge in [-0.05, 0) is 25.7 Å². The van der Waals surface area contributed by atoms with Crippen LogP contribution in [0.15, 0.2) is 0 Å². The maximum atomic E-state index is 6.01. The molecule has 0 saturated carbocycles. The number of hydrogen-bond acceptors (Lipinski definition) is 5. The van der Waals surface area contributed by atoms with Gasteiger partial charge in [-0.1, -0.05) is 34.1 Å². The van der Waals surface area contributed by atoms with Gasteiger partial charge in [0.25, 0.3) is 0 Å². The molecule has 0 aromatic heterocycles. The second-order valence-electron chi connectivity index (χ2n) is 5.67. The molecule has 0 bridgehead atoms. The first-order valence-corrected chi connectivity index (χ1v) is 8.89. The molecule has 132 valence electrons. The van der Waals surface area contributed by atoms with Crippen molar-refractivity contribution in [2.45, 2.75) is 78.0 Å². The minimum Gasteiger partial charge on any atom is -0.373 e. The Labute approximate surface area is 135 Å². The summed E-state index contributed by atoms with van der Waals surface area (Å²) < 4.78 is 29.8. The largest absolute Gasteiger partial charge is 0.373 e. The van der Waals surface area contributed by atoms with Crippen LogP contribution in [0, 0.1) is 0 Å². The molecule has 0 amide bonds. The first kappa shape index (κ1) is 19.8. The van der Waals surface area contributed by atoms with Crippen molar-refractivity contribution in [3.8, 4) is 0 Å².